The van der Waals surface area contributed by atoms with Crippen LogP contribution in [0.1, 0.15) is 11.1 Å². The van der Waals surface area contributed by atoms with E-state index in [1.54, 1.807) is 0 Å². The van der Waals surface area contributed by atoms with Gasteiger partial charge in [0.25, 0.3) is 0 Å². The second-order valence-electron chi connectivity index (χ2n) is 4.86. The van der Waals surface area contributed by atoms with E-state index in [0.717, 1.165) is 22.2 Å². The Kier molecular flexibility index (Phi) is 2.95. The summed E-state index contributed by atoms with van der Waals surface area (Å²) >= 11 is 0. The number of nitrogen functional groups attached to an aromatic ring is 2. The van der Waals surface area contributed by atoms with E-state index in [1.807, 2.05) is 48.5 Å². The molecule has 0 radical (unpaired) electrons. The van der Waals surface area contributed by atoms with E-state index in [1.165, 1.54) is 0 Å². The number of amidine groups is 2. The molecule has 0 spiro atoms. The Morgan fingerprint density at radius 3 is 2.38 bits per heavy atom. The third kappa shape index (κ3) is 2.25. The number of hydrogen-bond acceptors (Lipinski definition) is 2. The zero-order chi connectivity index (χ0) is 15.0. The average molecular weight is 277 g/mol. The van der Waals surface area contributed by atoms with Crippen molar-refractivity contribution in [1.82, 2.24) is 4.98 Å². The number of fused-ring (bicyclic) bond motifs is 1. The molecule has 0 bridgehead atoms. The van der Waals surface area contributed by atoms with Crippen LogP contribution in [0, 0.1) is 10.8 Å². The normalized spacial score (nSPS) is 10.7. The van der Waals surface area contributed by atoms with Crippen LogP contribution in [0.25, 0.3) is 22.2 Å². The van der Waals surface area contributed by atoms with Crippen molar-refractivity contribution >= 4 is 22.6 Å². The number of nitrogens with two attached hydrogens (primary N) is 2. The summed E-state index contributed by atoms with van der Waals surface area (Å²) in [6.07, 6.45) is 0. The van der Waals surface area contributed by atoms with Crippen LogP contribution in [-0.4, -0.2) is 16.7 Å². The zero-order valence-corrected chi connectivity index (χ0v) is 11.3. The van der Waals surface area contributed by atoms with Crippen LogP contribution in [0.2, 0.25) is 0 Å². The molecule has 7 N–H and O–H groups in total. The fourth-order valence-corrected chi connectivity index (χ4v) is 2.39. The molecule has 0 amide bonds. The van der Waals surface area contributed by atoms with Gasteiger partial charge in [-0.3, -0.25) is 10.8 Å². The van der Waals surface area contributed by atoms with Gasteiger partial charge in [-0.15, -0.1) is 0 Å². The Hall–Kier alpha value is -3.08. The van der Waals surface area contributed by atoms with Gasteiger partial charge in [0.1, 0.15) is 11.7 Å². The largest absolute Gasteiger partial charge is 0.384 e. The number of rotatable bonds is 3. The van der Waals surface area contributed by atoms with Crippen LogP contribution in [0.3, 0.4) is 0 Å². The van der Waals surface area contributed by atoms with Crippen LogP contribution in [-0.2, 0) is 0 Å². The Labute approximate surface area is 121 Å². The van der Waals surface area contributed by atoms with Gasteiger partial charge in [0.15, 0.2) is 0 Å². The van der Waals surface area contributed by atoms with Crippen molar-refractivity contribution in [3.63, 3.8) is 0 Å². The van der Waals surface area contributed by atoms with Crippen LogP contribution in [0.5, 0.6) is 0 Å². The maximum absolute atomic E-state index is 7.67. The second kappa shape index (κ2) is 4.79. The molecule has 1 heterocycles. The third-order valence-corrected chi connectivity index (χ3v) is 3.44. The monoisotopic (exact) mass is 277 g/mol. The van der Waals surface area contributed by atoms with Crippen molar-refractivity contribution in [2.24, 2.45) is 11.5 Å². The first kappa shape index (κ1) is 12.9. The number of H-pyrrole nitrogens is 1. The Bertz CT molecular complexity index is 860. The van der Waals surface area contributed by atoms with E-state index in [-0.39, 0.29) is 11.7 Å². The number of benzene rings is 2. The van der Waals surface area contributed by atoms with Crippen molar-refractivity contribution in [2.75, 3.05) is 0 Å². The Morgan fingerprint density at radius 1 is 0.905 bits per heavy atom. The quantitative estimate of drug-likeness (QED) is 0.373. The average Bonchev–Trinajstić information content (AvgIpc) is 2.89. The van der Waals surface area contributed by atoms with Gasteiger partial charge >= 0.3 is 0 Å². The molecular weight excluding hydrogens is 262 g/mol. The van der Waals surface area contributed by atoms with Gasteiger partial charge in [-0.25, -0.2) is 0 Å². The summed E-state index contributed by atoms with van der Waals surface area (Å²) in [7, 11) is 0. The van der Waals surface area contributed by atoms with Gasteiger partial charge < -0.3 is 16.5 Å². The lowest BCUT2D eigenvalue weighted by atomic mass is 10.0. The topological polar surface area (TPSA) is 116 Å². The molecule has 0 unspecified atom stereocenters. The molecule has 0 aliphatic heterocycles. The standard InChI is InChI=1S/C16H15N5/c17-15(18)10-6-5-9-7-14(21-13(9)8-10)11-3-1-2-4-12(11)16(19)20/h1-8,21H,(H3,17,18)(H3,19,20). The summed E-state index contributed by atoms with van der Waals surface area (Å²) in [5.41, 5.74) is 15.2. The van der Waals surface area contributed by atoms with Crippen molar-refractivity contribution in [2.45, 2.75) is 0 Å². The van der Waals surface area contributed by atoms with Gasteiger partial charge in [0.05, 0.1) is 0 Å². The zero-order valence-electron chi connectivity index (χ0n) is 11.3. The lowest BCUT2D eigenvalue weighted by Crippen LogP contribution is -2.12. The molecule has 0 saturated heterocycles. The number of aromatic amines is 1. The minimum absolute atomic E-state index is 0.0358. The number of nitrogens with one attached hydrogen (secondary N) is 3. The summed E-state index contributed by atoms with van der Waals surface area (Å²) in [6, 6.07) is 15.1. The summed E-state index contributed by atoms with van der Waals surface area (Å²) in [5.74, 6) is 0.0749. The molecule has 1 aromatic heterocycles. The van der Waals surface area contributed by atoms with Gasteiger partial charge in [0.2, 0.25) is 0 Å². The molecule has 0 aliphatic rings. The van der Waals surface area contributed by atoms with Gasteiger partial charge in [-0.05, 0) is 12.1 Å². The second-order valence-corrected chi connectivity index (χ2v) is 4.86. The molecule has 21 heavy (non-hydrogen) atoms. The molecule has 0 saturated carbocycles. The van der Waals surface area contributed by atoms with Crippen LogP contribution >= 0.6 is 0 Å². The predicted octanol–water partition coefficient (Wildman–Crippen LogP) is 2.40. The van der Waals surface area contributed by atoms with Crippen LogP contribution in [0.4, 0.5) is 0 Å². The fraction of sp³-hybridized carbons (Fsp3) is 0. The molecule has 3 aromatic rings. The van der Waals surface area contributed by atoms with Crippen molar-refractivity contribution in [3.05, 3.63) is 59.7 Å². The molecule has 0 fully saturated rings. The Morgan fingerprint density at radius 2 is 1.67 bits per heavy atom. The highest BCUT2D eigenvalue weighted by Gasteiger charge is 2.10. The molecule has 2 aromatic carbocycles. The van der Waals surface area contributed by atoms with Crippen molar-refractivity contribution < 1.29 is 0 Å². The molecule has 0 aliphatic carbocycles. The van der Waals surface area contributed by atoms with E-state index >= 15 is 0 Å². The molecule has 104 valence electrons. The van der Waals surface area contributed by atoms with Gasteiger partial charge in [-0.2, -0.15) is 0 Å². The SMILES string of the molecule is N=C(N)c1ccc2cc(-c3ccccc3C(=N)N)[nH]c2c1. The predicted molar refractivity (Wildman–Crippen MR) is 85.8 cm³/mol. The van der Waals surface area contributed by atoms with Gasteiger partial charge in [0, 0.05) is 33.3 Å². The molecule has 5 heteroatoms. The van der Waals surface area contributed by atoms with E-state index in [2.05, 4.69) is 4.98 Å². The van der Waals surface area contributed by atoms with Crippen molar-refractivity contribution in [1.29, 1.82) is 10.8 Å². The highest BCUT2D eigenvalue weighted by molar-refractivity contribution is 6.03. The minimum Gasteiger partial charge on any atom is -0.384 e. The molecule has 3 rings (SSSR count). The molecular formula is C16H15N5. The van der Waals surface area contributed by atoms with E-state index in [9.17, 15) is 0 Å². The maximum Gasteiger partial charge on any atom is 0.123 e. The summed E-state index contributed by atoms with van der Waals surface area (Å²) in [6.45, 7) is 0. The smallest absolute Gasteiger partial charge is 0.123 e. The van der Waals surface area contributed by atoms with Crippen molar-refractivity contribution in [3.8, 4) is 11.3 Å². The van der Waals surface area contributed by atoms with Gasteiger partial charge in [-0.1, -0.05) is 36.4 Å². The highest BCUT2D eigenvalue weighted by atomic mass is 14.7. The lowest BCUT2D eigenvalue weighted by molar-refractivity contribution is 1.39. The fourth-order valence-electron chi connectivity index (χ4n) is 2.39. The highest BCUT2D eigenvalue weighted by Crippen LogP contribution is 2.27. The lowest BCUT2D eigenvalue weighted by Gasteiger charge is -2.05. The summed E-state index contributed by atoms with van der Waals surface area (Å²) < 4.78 is 0. The Balaban J connectivity index is 2.18. The minimum atomic E-state index is 0.0358. The first-order valence-electron chi connectivity index (χ1n) is 6.47. The maximum atomic E-state index is 7.67. The first-order chi connectivity index (χ1) is 10.1. The third-order valence-electron chi connectivity index (χ3n) is 3.44. The summed E-state index contributed by atoms with van der Waals surface area (Å²) in [4.78, 5) is 3.30. The molecule has 0 atom stereocenters. The van der Waals surface area contributed by atoms with E-state index in [0.29, 0.717) is 11.1 Å². The number of hydrogen-bond donors (Lipinski definition) is 5. The summed E-state index contributed by atoms with van der Waals surface area (Å²) in [5, 5.41) is 16.2. The van der Waals surface area contributed by atoms with E-state index < -0.39 is 0 Å². The number of aromatic nitrogens is 1. The first-order valence-corrected chi connectivity index (χ1v) is 6.47. The van der Waals surface area contributed by atoms with E-state index in [4.69, 9.17) is 22.3 Å². The van der Waals surface area contributed by atoms with Crippen LogP contribution < -0.4 is 11.5 Å². The molecule has 5 nitrogen and oxygen atoms in total. The van der Waals surface area contributed by atoms with Crippen LogP contribution in [0.15, 0.2) is 48.5 Å².